The Hall–Kier alpha value is -2.64. The molecule has 1 fully saturated rings. The Morgan fingerprint density at radius 3 is 2.41 bits per heavy atom. The molecule has 2 atom stereocenters. The van der Waals surface area contributed by atoms with Crippen LogP contribution >= 0.6 is 0 Å². The molecule has 1 saturated carbocycles. The first kappa shape index (κ1) is 24.0. The number of benzene rings is 2. The quantitative estimate of drug-likeness (QED) is 0.578. The molecule has 1 N–H and O–H groups in total. The van der Waals surface area contributed by atoms with Crippen LogP contribution in [0.1, 0.15) is 36.8 Å². The lowest BCUT2D eigenvalue weighted by Gasteiger charge is -2.34. The minimum absolute atomic E-state index is 0.0444. The smallest absolute Gasteiger partial charge is 0.240 e. The van der Waals surface area contributed by atoms with Gasteiger partial charge in [0.2, 0.25) is 15.9 Å². The van der Waals surface area contributed by atoms with E-state index in [-0.39, 0.29) is 10.8 Å². The fourth-order valence-corrected chi connectivity index (χ4v) is 5.44. The third-order valence-corrected chi connectivity index (χ3v) is 7.42. The van der Waals surface area contributed by atoms with Crippen molar-refractivity contribution < 1.29 is 17.9 Å². The molecule has 172 valence electrons. The predicted molar refractivity (Wildman–Crippen MR) is 126 cm³/mol. The summed E-state index contributed by atoms with van der Waals surface area (Å²) in [6.45, 7) is 6.55. The lowest BCUT2D eigenvalue weighted by Crippen LogP contribution is -2.49. The fraction of sp³-hybridized carbons (Fsp3) is 0.400. The fourth-order valence-electron chi connectivity index (χ4n) is 4.13. The van der Waals surface area contributed by atoms with Gasteiger partial charge >= 0.3 is 0 Å². The summed E-state index contributed by atoms with van der Waals surface area (Å²) in [5.74, 6) is 0.312. The lowest BCUT2D eigenvalue weighted by molar-refractivity contribution is -0.137. The van der Waals surface area contributed by atoms with Crippen LogP contribution in [0, 0.1) is 12.8 Å². The number of rotatable bonds is 9. The molecule has 0 saturated heterocycles. The van der Waals surface area contributed by atoms with Crippen LogP contribution in [-0.2, 0) is 21.4 Å². The average Bonchev–Trinajstić information content (AvgIpc) is 2.79. The molecule has 6 nitrogen and oxygen atoms in total. The van der Waals surface area contributed by atoms with Crippen LogP contribution in [0.5, 0.6) is 5.75 Å². The highest BCUT2D eigenvalue weighted by Crippen LogP contribution is 2.28. The highest BCUT2D eigenvalue weighted by molar-refractivity contribution is 7.89. The molecule has 7 heteroatoms. The van der Waals surface area contributed by atoms with Crippen LogP contribution in [0.15, 0.2) is 66.1 Å². The maximum atomic E-state index is 13.5. The van der Waals surface area contributed by atoms with E-state index in [4.69, 9.17) is 4.74 Å². The summed E-state index contributed by atoms with van der Waals surface area (Å²) in [4.78, 5) is 15.5. The first-order chi connectivity index (χ1) is 15.3. The molecule has 2 aromatic carbocycles. The number of ether oxygens (including phenoxy) is 1. The van der Waals surface area contributed by atoms with Crippen molar-refractivity contribution in [2.24, 2.45) is 5.92 Å². The van der Waals surface area contributed by atoms with Crippen molar-refractivity contribution >= 4 is 15.9 Å². The third kappa shape index (κ3) is 5.99. The van der Waals surface area contributed by atoms with Crippen molar-refractivity contribution in [1.29, 1.82) is 0 Å². The van der Waals surface area contributed by atoms with E-state index in [2.05, 4.69) is 11.3 Å². The van der Waals surface area contributed by atoms with Gasteiger partial charge < -0.3 is 9.64 Å². The number of carbonyl (C=O) groups is 1. The second-order valence-corrected chi connectivity index (χ2v) is 10.0. The number of amides is 1. The normalized spacial score (nSPS) is 18.7. The lowest BCUT2D eigenvalue weighted by atomic mass is 9.84. The van der Waals surface area contributed by atoms with Crippen molar-refractivity contribution in [2.75, 3.05) is 13.7 Å². The van der Waals surface area contributed by atoms with Gasteiger partial charge in [0.15, 0.2) is 0 Å². The van der Waals surface area contributed by atoms with Gasteiger partial charge in [-0.15, -0.1) is 6.58 Å². The van der Waals surface area contributed by atoms with Gasteiger partial charge in [-0.1, -0.05) is 48.7 Å². The number of carbonyl (C=O) groups excluding carboxylic acids is 1. The van der Waals surface area contributed by atoms with Gasteiger partial charge in [-0.05, 0) is 49.6 Å². The summed E-state index contributed by atoms with van der Waals surface area (Å²) in [5.41, 5.74) is 1.97. The molecular formula is C25H32N2O4S. The predicted octanol–water partition coefficient (Wildman–Crippen LogP) is 4.06. The monoisotopic (exact) mass is 456 g/mol. The first-order valence-electron chi connectivity index (χ1n) is 11.0. The Morgan fingerprint density at radius 1 is 1.12 bits per heavy atom. The van der Waals surface area contributed by atoms with Crippen molar-refractivity contribution in [2.45, 2.75) is 50.1 Å². The van der Waals surface area contributed by atoms with Crippen LogP contribution in [-0.4, -0.2) is 38.9 Å². The molecule has 1 amide bonds. The highest BCUT2D eigenvalue weighted by atomic mass is 32.2. The number of hydrogen-bond acceptors (Lipinski definition) is 4. The molecule has 2 aromatic rings. The van der Waals surface area contributed by atoms with E-state index in [1.54, 1.807) is 42.4 Å². The number of nitrogens with zero attached hydrogens (tertiary/aromatic N) is 1. The maximum absolute atomic E-state index is 13.5. The molecule has 0 aromatic heterocycles. The zero-order valence-electron chi connectivity index (χ0n) is 18.8. The molecule has 1 aliphatic carbocycles. The van der Waals surface area contributed by atoms with Crippen molar-refractivity contribution in [3.8, 4) is 5.75 Å². The van der Waals surface area contributed by atoms with Crippen LogP contribution < -0.4 is 9.46 Å². The number of nitrogens with one attached hydrogen (secondary N) is 1. The molecule has 0 spiro atoms. The van der Waals surface area contributed by atoms with E-state index < -0.39 is 22.0 Å². The summed E-state index contributed by atoms with van der Waals surface area (Å²) in [6, 6.07) is 13.9. The number of sulfonamides is 1. The number of hydrogen-bond donors (Lipinski definition) is 1. The van der Waals surface area contributed by atoms with Gasteiger partial charge in [-0.2, -0.15) is 0 Å². The van der Waals surface area contributed by atoms with Gasteiger partial charge in [-0.25, -0.2) is 13.1 Å². The molecule has 0 heterocycles. The van der Waals surface area contributed by atoms with E-state index in [0.29, 0.717) is 25.9 Å². The Labute approximate surface area is 191 Å². The van der Waals surface area contributed by atoms with Gasteiger partial charge in [0.25, 0.3) is 0 Å². The van der Waals surface area contributed by atoms with E-state index in [9.17, 15) is 13.2 Å². The SMILES string of the molecule is C=CCN(Cc1ccc(OC)cc1)C(=O)[C@@H]1CCCC[C@H]1NS(=O)(=O)c1ccc(C)cc1. The summed E-state index contributed by atoms with van der Waals surface area (Å²) in [7, 11) is -2.09. The van der Waals surface area contributed by atoms with E-state index in [0.717, 1.165) is 29.7 Å². The van der Waals surface area contributed by atoms with Crippen LogP contribution in [0.25, 0.3) is 0 Å². The van der Waals surface area contributed by atoms with Gasteiger partial charge in [0.05, 0.1) is 17.9 Å². The zero-order valence-corrected chi connectivity index (χ0v) is 19.6. The minimum Gasteiger partial charge on any atom is -0.497 e. The molecule has 0 radical (unpaired) electrons. The molecule has 32 heavy (non-hydrogen) atoms. The van der Waals surface area contributed by atoms with Crippen molar-refractivity contribution in [1.82, 2.24) is 9.62 Å². The highest BCUT2D eigenvalue weighted by Gasteiger charge is 2.36. The summed E-state index contributed by atoms with van der Waals surface area (Å²) < 4.78 is 34.0. The molecule has 0 bridgehead atoms. The molecule has 0 unspecified atom stereocenters. The van der Waals surface area contributed by atoms with E-state index in [1.165, 1.54) is 0 Å². The Bertz CT molecular complexity index is 1020. The molecule has 0 aliphatic heterocycles. The summed E-state index contributed by atoms with van der Waals surface area (Å²) in [5, 5.41) is 0. The minimum atomic E-state index is -3.70. The Balaban J connectivity index is 1.77. The molecule has 3 rings (SSSR count). The second kappa shape index (κ2) is 10.8. The Kier molecular flexibility index (Phi) is 8.10. The largest absolute Gasteiger partial charge is 0.497 e. The molecular weight excluding hydrogens is 424 g/mol. The van der Waals surface area contributed by atoms with Gasteiger partial charge in [0, 0.05) is 19.1 Å². The van der Waals surface area contributed by atoms with Crippen molar-refractivity contribution in [3.63, 3.8) is 0 Å². The Morgan fingerprint density at radius 2 is 1.78 bits per heavy atom. The van der Waals surface area contributed by atoms with Crippen LogP contribution in [0.3, 0.4) is 0 Å². The van der Waals surface area contributed by atoms with E-state index >= 15 is 0 Å². The standard InChI is InChI=1S/C25H32N2O4S/c1-4-17-27(18-20-11-13-21(31-3)14-12-20)25(28)23-7-5-6-8-24(23)26-32(29,30)22-15-9-19(2)10-16-22/h4,9-16,23-24,26H,1,5-8,17-18H2,2-3H3/t23-,24-/m1/s1. The van der Waals surface area contributed by atoms with Crippen LogP contribution in [0.4, 0.5) is 0 Å². The summed E-state index contributed by atoms with van der Waals surface area (Å²) >= 11 is 0. The van der Waals surface area contributed by atoms with Gasteiger partial charge in [0.1, 0.15) is 5.75 Å². The van der Waals surface area contributed by atoms with Gasteiger partial charge in [-0.3, -0.25) is 4.79 Å². The average molecular weight is 457 g/mol. The van der Waals surface area contributed by atoms with E-state index in [1.807, 2.05) is 31.2 Å². The zero-order chi connectivity index (χ0) is 23.1. The summed E-state index contributed by atoms with van der Waals surface area (Å²) in [6.07, 6.45) is 4.81. The second-order valence-electron chi connectivity index (χ2n) is 8.29. The van der Waals surface area contributed by atoms with Crippen LogP contribution in [0.2, 0.25) is 0 Å². The molecule has 1 aliphatic rings. The van der Waals surface area contributed by atoms with Crippen molar-refractivity contribution in [3.05, 3.63) is 72.3 Å². The number of methoxy groups -OCH3 is 1. The number of aryl methyl sites for hydroxylation is 1. The topological polar surface area (TPSA) is 75.7 Å². The third-order valence-electron chi connectivity index (χ3n) is 5.91. The first-order valence-corrected chi connectivity index (χ1v) is 12.4. The maximum Gasteiger partial charge on any atom is 0.240 e.